The van der Waals surface area contributed by atoms with E-state index in [-0.39, 0.29) is 5.82 Å². The molecular formula is C14H16FNS. The number of thiophene rings is 1. The van der Waals surface area contributed by atoms with Crippen molar-refractivity contribution < 1.29 is 4.39 Å². The first-order valence-corrected chi connectivity index (χ1v) is 6.60. The molecule has 0 aliphatic heterocycles. The summed E-state index contributed by atoms with van der Waals surface area (Å²) in [5.74, 6) is -0.152. The van der Waals surface area contributed by atoms with Gasteiger partial charge >= 0.3 is 0 Å². The molecule has 0 aliphatic rings. The van der Waals surface area contributed by atoms with Gasteiger partial charge in [-0.25, -0.2) is 4.39 Å². The minimum Gasteiger partial charge on any atom is -0.310 e. The molecule has 1 aromatic heterocycles. The van der Waals surface area contributed by atoms with Crippen LogP contribution >= 0.6 is 11.3 Å². The molecule has 1 heterocycles. The predicted molar refractivity (Wildman–Crippen MR) is 71.7 cm³/mol. The molecule has 0 atom stereocenters. The van der Waals surface area contributed by atoms with E-state index in [4.69, 9.17) is 0 Å². The molecule has 1 aromatic carbocycles. The van der Waals surface area contributed by atoms with Gasteiger partial charge in [0.15, 0.2) is 0 Å². The van der Waals surface area contributed by atoms with Gasteiger partial charge in [-0.2, -0.15) is 0 Å². The van der Waals surface area contributed by atoms with Crippen molar-refractivity contribution in [2.75, 3.05) is 0 Å². The fourth-order valence-corrected chi connectivity index (χ4v) is 2.37. The van der Waals surface area contributed by atoms with Gasteiger partial charge in [0.05, 0.1) is 0 Å². The molecule has 1 N–H and O–H groups in total. The van der Waals surface area contributed by atoms with Gasteiger partial charge in [0.25, 0.3) is 0 Å². The van der Waals surface area contributed by atoms with Gasteiger partial charge in [-0.15, -0.1) is 11.3 Å². The third-order valence-corrected chi connectivity index (χ3v) is 3.43. The van der Waals surface area contributed by atoms with Crippen molar-refractivity contribution in [3.63, 3.8) is 0 Å². The Balaban J connectivity index is 2.24. The summed E-state index contributed by atoms with van der Waals surface area (Å²) in [5, 5.41) is 5.30. The van der Waals surface area contributed by atoms with E-state index in [0.717, 1.165) is 17.0 Å². The van der Waals surface area contributed by atoms with Crippen LogP contribution < -0.4 is 5.32 Å². The summed E-state index contributed by atoms with van der Waals surface area (Å²) in [4.78, 5) is 0.980. The molecule has 0 saturated heterocycles. The van der Waals surface area contributed by atoms with Crippen LogP contribution in [0.3, 0.4) is 0 Å². The zero-order valence-corrected chi connectivity index (χ0v) is 10.9. The molecule has 0 fully saturated rings. The van der Waals surface area contributed by atoms with Crippen molar-refractivity contribution in [1.82, 2.24) is 5.32 Å². The molecule has 2 rings (SSSR count). The second-order valence-electron chi connectivity index (χ2n) is 4.33. The van der Waals surface area contributed by atoms with Crippen LogP contribution in [0.1, 0.15) is 19.4 Å². The normalized spacial score (nSPS) is 11.1. The zero-order chi connectivity index (χ0) is 12.3. The largest absolute Gasteiger partial charge is 0.310 e. The lowest BCUT2D eigenvalue weighted by Gasteiger charge is -2.09. The van der Waals surface area contributed by atoms with Crippen molar-refractivity contribution in [2.24, 2.45) is 0 Å². The van der Waals surface area contributed by atoms with Crippen LogP contribution in [-0.2, 0) is 6.54 Å². The third-order valence-electron chi connectivity index (χ3n) is 2.53. The molecular weight excluding hydrogens is 233 g/mol. The topological polar surface area (TPSA) is 12.0 Å². The monoisotopic (exact) mass is 249 g/mol. The predicted octanol–water partition coefficient (Wildman–Crippen LogP) is 4.05. The van der Waals surface area contributed by atoms with Crippen LogP contribution in [0.25, 0.3) is 10.4 Å². The molecule has 17 heavy (non-hydrogen) atoms. The first kappa shape index (κ1) is 12.3. The van der Waals surface area contributed by atoms with Crippen molar-refractivity contribution in [3.05, 3.63) is 47.1 Å². The molecule has 90 valence electrons. The molecule has 2 aromatic rings. The molecule has 3 heteroatoms. The number of nitrogens with one attached hydrogen (secondary N) is 1. The SMILES string of the molecule is CC(C)NCc1ccc(F)c(-c2cccs2)c1. The van der Waals surface area contributed by atoms with Gasteiger partial charge < -0.3 is 5.32 Å². The number of halogens is 1. The quantitative estimate of drug-likeness (QED) is 0.862. The summed E-state index contributed by atoms with van der Waals surface area (Å²) in [5.41, 5.74) is 1.81. The summed E-state index contributed by atoms with van der Waals surface area (Å²) in [6.45, 7) is 4.98. The second-order valence-corrected chi connectivity index (χ2v) is 5.27. The summed E-state index contributed by atoms with van der Waals surface area (Å²) < 4.78 is 13.7. The minimum atomic E-state index is -0.152. The summed E-state index contributed by atoms with van der Waals surface area (Å²) >= 11 is 1.56. The Hall–Kier alpha value is -1.19. The molecule has 0 saturated carbocycles. The van der Waals surface area contributed by atoms with Crippen LogP contribution in [0.4, 0.5) is 4.39 Å². The molecule has 0 radical (unpaired) electrons. The lowest BCUT2D eigenvalue weighted by Crippen LogP contribution is -2.21. The average Bonchev–Trinajstić information content (AvgIpc) is 2.81. The molecule has 1 nitrogen and oxygen atoms in total. The number of hydrogen-bond acceptors (Lipinski definition) is 2. The standard InChI is InChI=1S/C14H16FNS/c1-10(2)16-9-11-5-6-13(15)12(8-11)14-4-3-7-17-14/h3-8,10,16H,9H2,1-2H3. The molecule has 0 spiro atoms. The van der Waals surface area contributed by atoms with Gasteiger partial charge in [0.2, 0.25) is 0 Å². The maximum absolute atomic E-state index is 13.7. The summed E-state index contributed by atoms with van der Waals surface area (Å²) in [6.07, 6.45) is 0. The Morgan fingerprint density at radius 1 is 1.29 bits per heavy atom. The van der Waals surface area contributed by atoms with Gasteiger partial charge in [0.1, 0.15) is 5.82 Å². The van der Waals surface area contributed by atoms with E-state index >= 15 is 0 Å². The fraction of sp³-hybridized carbons (Fsp3) is 0.286. The fourth-order valence-electron chi connectivity index (χ4n) is 1.63. The van der Waals surface area contributed by atoms with Crippen LogP contribution in [-0.4, -0.2) is 6.04 Å². The van der Waals surface area contributed by atoms with Crippen molar-refractivity contribution in [2.45, 2.75) is 26.4 Å². The highest BCUT2D eigenvalue weighted by atomic mass is 32.1. The Bertz CT molecular complexity index is 477. The Morgan fingerprint density at radius 3 is 2.76 bits per heavy atom. The van der Waals surface area contributed by atoms with Crippen LogP contribution in [0, 0.1) is 5.82 Å². The van der Waals surface area contributed by atoms with Crippen molar-refractivity contribution >= 4 is 11.3 Å². The van der Waals surface area contributed by atoms with Gasteiger partial charge in [-0.3, -0.25) is 0 Å². The highest BCUT2D eigenvalue weighted by molar-refractivity contribution is 7.13. The highest BCUT2D eigenvalue weighted by Crippen LogP contribution is 2.28. The van der Waals surface area contributed by atoms with E-state index in [9.17, 15) is 4.39 Å². The average molecular weight is 249 g/mol. The summed E-state index contributed by atoms with van der Waals surface area (Å²) in [7, 11) is 0. The first-order chi connectivity index (χ1) is 8.16. The second kappa shape index (κ2) is 5.43. The number of benzene rings is 1. The van der Waals surface area contributed by atoms with Gasteiger partial charge in [0, 0.05) is 23.0 Å². The summed E-state index contributed by atoms with van der Waals surface area (Å²) in [6, 6.07) is 9.64. The van der Waals surface area contributed by atoms with Crippen molar-refractivity contribution in [1.29, 1.82) is 0 Å². The maximum Gasteiger partial charge on any atom is 0.131 e. The lowest BCUT2D eigenvalue weighted by atomic mass is 10.1. The molecule has 0 aliphatic carbocycles. The van der Waals surface area contributed by atoms with E-state index in [1.807, 2.05) is 29.6 Å². The first-order valence-electron chi connectivity index (χ1n) is 5.72. The highest BCUT2D eigenvalue weighted by Gasteiger charge is 2.07. The smallest absolute Gasteiger partial charge is 0.131 e. The Morgan fingerprint density at radius 2 is 2.12 bits per heavy atom. The number of rotatable bonds is 4. The lowest BCUT2D eigenvalue weighted by molar-refractivity contribution is 0.586. The van der Waals surface area contributed by atoms with Crippen LogP contribution in [0.5, 0.6) is 0 Å². The van der Waals surface area contributed by atoms with Crippen LogP contribution in [0.15, 0.2) is 35.7 Å². The molecule has 0 unspecified atom stereocenters. The van der Waals surface area contributed by atoms with Gasteiger partial charge in [-0.1, -0.05) is 26.0 Å². The van der Waals surface area contributed by atoms with E-state index in [1.165, 1.54) is 0 Å². The van der Waals surface area contributed by atoms with Crippen LogP contribution in [0.2, 0.25) is 0 Å². The molecule has 0 bridgehead atoms. The van der Waals surface area contributed by atoms with E-state index in [0.29, 0.717) is 11.6 Å². The van der Waals surface area contributed by atoms with E-state index in [2.05, 4.69) is 19.2 Å². The molecule has 0 amide bonds. The van der Waals surface area contributed by atoms with E-state index < -0.39 is 0 Å². The zero-order valence-electron chi connectivity index (χ0n) is 10.0. The van der Waals surface area contributed by atoms with E-state index in [1.54, 1.807) is 17.4 Å². The minimum absolute atomic E-state index is 0.152. The Kier molecular flexibility index (Phi) is 3.92. The third kappa shape index (κ3) is 3.14. The Labute approximate surface area is 105 Å². The van der Waals surface area contributed by atoms with Crippen molar-refractivity contribution in [3.8, 4) is 10.4 Å². The number of hydrogen-bond donors (Lipinski definition) is 1. The van der Waals surface area contributed by atoms with Gasteiger partial charge in [-0.05, 0) is 29.1 Å². The maximum atomic E-state index is 13.7.